The van der Waals surface area contributed by atoms with Crippen molar-refractivity contribution in [2.75, 3.05) is 54.4 Å². The Kier molecular flexibility index (Phi) is 11.8. The van der Waals surface area contributed by atoms with Gasteiger partial charge in [-0.3, -0.25) is 9.59 Å². The van der Waals surface area contributed by atoms with Crippen molar-refractivity contribution >= 4 is 17.8 Å². The van der Waals surface area contributed by atoms with E-state index in [-0.39, 0.29) is 18.2 Å². The number of esters is 1. The molecule has 0 spiro atoms. The van der Waals surface area contributed by atoms with Gasteiger partial charge in [-0.15, -0.1) is 0 Å². The minimum Gasteiger partial charge on any atom is -0.467 e. The molecule has 0 aliphatic carbocycles. The number of nitrogens with one attached hydrogen (secondary N) is 4. The molecule has 2 amide bonds. The van der Waals surface area contributed by atoms with Gasteiger partial charge in [0.2, 0.25) is 11.8 Å². The van der Waals surface area contributed by atoms with Gasteiger partial charge < -0.3 is 30.9 Å². The molecule has 24 heavy (non-hydrogen) atoms. The number of hydrogen-bond acceptors (Lipinski definition) is 7. The molecule has 9 nitrogen and oxygen atoms in total. The largest absolute Gasteiger partial charge is 0.467 e. The lowest BCUT2D eigenvalue weighted by Gasteiger charge is -2.25. The first-order valence-electron chi connectivity index (χ1n) is 8.03. The molecular formula is C15H31N5O4. The van der Waals surface area contributed by atoms with Crippen LogP contribution in [0, 0.1) is 0 Å². The number of carbonyl (C=O) groups is 3. The molecule has 0 aromatic heterocycles. The van der Waals surface area contributed by atoms with E-state index in [2.05, 4.69) is 21.3 Å². The SMILES string of the molecule is CNCCN(CCNC)C(=O)CC(NC(=O)C(C)NC)C(=O)OC. The van der Waals surface area contributed by atoms with Crippen LogP contribution in [0.15, 0.2) is 0 Å². The van der Waals surface area contributed by atoms with E-state index < -0.39 is 18.1 Å². The van der Waals surface area contributed by atoms with Crippen LogP contribution in [0.25, 0.3) is 0 Å². The van der Waals surface area contributed by atoms with Gasteiger partial charge in [-0.05, 0) is 28.1 Å². The van der Waals surface area contributed by atoms with Crippen molar-refractivity contribution in [1.82, 2.24) is 26.2 Å². The van der Waals surface area contributed by atoms with Gasteiger partial charge in [-0.1, -0.05) is 0 Å². The normalized spacial score (nSPS) is 13.0. The average Bonchev–Trinajstić information content (AvgIpc) is 2.59. The molecule has 0 rings (SSSR count). The summed E-state index contributed by atoms with van der Waals surface area (Å²) in [5, 5.41) is 11.3. The van der Waals surface area contributed by atoms with Crippen LogP contribution in [0.5, 0.6) is 0 Å². The molecule has 0 bridgehead atoms. The zero-order chi connectivity index (χ0) is 18.5. The first kappa shape index (κ1) is 22.3. The quantitative estimate of drug-likeness (QED) is 0.300. The highest BCUT2D eigenvalue weighted by molar-refractivity contribution is 5.90. The van der Waals surface area contributed by atoms with Crippen molar-refractivity contribution in [1.29, 1.82) is 0 Å². The highest BCUT2D eigenvalue weighted by Crippen LogP contribution is 2.02. The monoisotopic (exact) mass is 345 g/mol. The number of nitrogens with zero attached hydrogens (tertiary/aromatic N) is 1. The van der Waals surface area contributed by atoms with Crippen LogP contribution in [0.4, 0.5) is 0 Å². The number of amides is 2. The van der Waals surface area contributed by atoms with E-state index in [1.54, 1.807) is 33.0 Å². The number of rotatable bonds is 12. The first-order valence-corrected chi connectivity index (χ1v) is 8.03. The predicted octanol–water partition coefficient (Wildman–Crippen LogP) is -2.09. The Morgan fingerprint density at radius 1 is 1.04 bits per heavy atom. The third-order valence-corrected chi connectivity index (χ3v) is 3.62. The van der Waals surface area contributed by atoms with Crippen LogP contribution >= 0.6 is 0 Å². The fourth-order valence-corrected chi connectivity index (χ4v) is 1.92. The molecule has 4 N–H and O–H groups in total. The van der Waals surface area contributed by atoms with Gasteiger partial charge in [-0.2, -0.15) is 0 Å². The van der Waals surface area contributed by atoms with Crippen molar-refractivity contribution in [2.24, 2.45) is 0 Å². The summed E-state index contributed by atoms with van der Waals surface area (Å²) in [5.74, 6) is -1.21. The minimum atomic E-state index is -1.00. The molecule has 2 unspecified atom stereocenters. The molecule has 2 atom stereocenters. The van der Waals surface area contributed by atoms with Crippen molar-refractivity contribution in [3.63, 3.8) is 0 Å². The van der Waals surface area contributed by atoms with Gasteiger partial charge >= 0.3 is 5.97 Å². The Morgan fingerprint density at radius 2 is 1.58 bits per heavy atom. The van der Waals surface area contributed by atoms with Crippen molar-refractivity contribution in [3.05, 3.63) is 0 Å². The lowest BCUT2D eigenvalue weighted by Crippen LogP contribution is -2.51. The second-order valence-corrected chi connectivity index (χ2v) is 5.39. The Hall–Kier alpha value is -1.71. The second kappa shape index (κ2) is 12.7. The third-order valence-electron chi connectivity index (χ3n) is 3.62. The van der Waals surface area contributed by atoms with Crippen LogP contribution in [0.2, 0.25) is 0 Å². The lowest BCUT2D eigenvalue weighted by atomic mass is 10.1. The number of carbonyl (C=O) groups excluding carboxylic acids is 3. The van der Waals surface area contributed by atoms with Gasteiger partial charge in [-0.25, -0.2) is 4.79 Å². The van der Waals surface area contributed by atoms with Crippen LogP contribution in [0.3, 0.4) is 0 Å². The van der Waals surface area contributed by atoms with Gasteiger partial charge in [0.15, 0.2) is 0 Å². The number of likely N-dealkylation sites (N-methyl/N-ethyl adjacent to an activating group) is 3. The van der Waals surface area contributed by atoms with Crippen molar-refractivity contribution < 1.29 is 19.1 Å². The van der Waals surface area contributed by atoms with Crippen LogP contribution in [-0.4, -0.2) is 89.2 Å². The van der Waals surface area contributed by atoms with Gasteiger partial charge in [0.05, 0.1) is 19.6 Å². The number of methoxy groups -OCH3 is 1. The summed E-state index contributed by atoms with van der Waals surface area (Å²) >= 11 is 0. The number of ether oxygens (including phenoxy) is 1. The summed E-state index contributed by atoms with van der Waals surface area (Å²) in [5.41, 5.74) is 0. The van der Waals surface area contributed by atoms with E-state index in [4.69, 9.17) is 4.74 Å². The zero-order valence-electron chi connectivity index (χ0n) is 15.3. The summed E-state index contributed by atoms with van der Waals surface area (Å²) in [6.45, 7) is 3.98. The van der Waals surface area contributed by atoms with E-state index in [9.17, 15) is 14.4 Å². The predicted molar refractivity (Wildman–Crippen MR) is 91.5 cm³/mol. The fraction of sp³-hybridized carbons (Fsp3) is 0.800. The summed E-state index contributed by atoms with van der Waals surface area (Å²) in [6.07, 6.45) is -0.137. The van der Waals surface area contributed by atoms with Crippen LogP contribution < -0.4 is 21.3 Å². The van der Waals surface area contributed by atoms with Gasteiger partial charge in [0.1, 0.15) is 6.04 Å². The maximum absolute atomic E-state index is 12.5. The molecule has 0 radical (unpaired) electrons. The molecule has 0 aliphatic rings. The molecule has 0 saturated heterocycles. The summed E-state index contributed by atoms with van der Waals surface area (Å²) in [4.78, 5) is 38.0. The lowest BCUT2D eigenvalue weighted by molar-refractivity contribution is -0.148. The zero-order valence-corrected chi connectivity index (χ0v) is 15.3. The molecule has 0 aromatic carbocycles. The smallest absolute Gasteiger partial charge is 0.328 e. The van der Waals surface area contributed by atoms with Crippen molar-refractivity contribution in [2.45, 2.75) is 25.4 Å². The maximum atomic E-state index is 12.5. The molecule has 9 heteroatoms. The van der Waals surface area contributed by atoms with Gasteiger partial charge in [0, 0.05) is 26.2 Å². The van der Waals surface area contributed by atoms with E-state index in [1.165, 1.54) is 7.11 Å². The summed E-state index contributed by atoms with van der Waals surface area (Å²) < 4.78 is 4.70. The molecule has 0 aromatic rings. The average molecular weight is 345 g/mol. The second-order valence-electron chi connectivity index (χ2n) is 5.39. The Balaban J connectivity index is 4.91. The van der Waals surface area contributed by atoms with Crippen LogP contribution in [0.1, 0.15) is 13.3 Å². The van der Waals surface area contributed by atoms with E-state index >= 15 is 0 Å². The summed E-state index contributed by atoms with van der Waals surface area (Å²) in [6, 6.07) is -1.48. The molecule has 140 valence electrons. The van der Waals surface area contributed by atoms with Crippen LogP contribution in [-0.2, 0) is 19.1 Å². The van der Waals surface area contributed by atoms with E-state index in [1.807, 2.05) is 0 Å². The minimum absolute atomic E-state index is 0.137. The number of hydrogen-bond donors (Lipinski definition) is 4. The standard InChI is InChI=1S/C15H31N5O4/c1-11(18-4)14(22)19-12(15(23)24-5)10-13(21)20(8-6-16-2)9-7-17-3/h11-12,16-18H,6-10H2,1-5H3,(H,19,22). The third kappa shape index (κ3) is 8.23. The molecule has 0 heterocycles. The molecule has 0 saturated carbocycles. The first-order chi connectivity index (χ1) is 11.4. The highest BCUT2D eigenvalue weighted by Gasteiger charge is 2.28. The Bertz CT molecular complexity index is 397. The molecule has 0 aliphatic heterocycles. The highest BCUT2D eigenvalue weighted by atomic mass is 16.5. The van der Waals surface area contributed by atoms with Gasteiger partial charge in [0.25, 0.3) is 0 Å². The Morgan fingerprint density at radius 3 is 2.00 bits per heavy atom. The van der Waals surface area contributed by atoms with Crippen molar-refractivity contribution in [3.8, 4) is 0 Å². The topological polar surface area (TPSA) is 112 Å². The maximum Gasteiger partial charge on any atom is 0.328 e. The molecule has 0 fully saturated rings. The van der Waals surface area contributed by atoms with E-state index in [0.29, 0.717) is 26.2 Å². The Labute approximate surface area is 143 Å². The summed E-state index contributed by atoms with van der Waals surface area (Å²) in [7, 11) is 6.47. The van der Waals surface area contributed by atoms with E-state index in [0.717, 1.165) is 0 Å². The fourth-order valence-electron chi connectivity index (χ4n) is 1.92. The molecular weight excluding hydrogens is 314 g/mol.